The highest BCUT2D eigenvalue weighted by molar-refractivity contribution is 5.77. The second kappa shape index (κ2) is 3.52. The molecule has 0 fully saturated rings. The van der Waals surface area contributed by atoms with Gasteiger partial charge in [-0.05, 0) is 19.1 Å². The van der Waals surface area contributed by atoms with Gasteiger partial charge in [0.15, 0.2) is 0 Å². The fourth-order valence-corrected chi connectivity index (χ4v) is 1.67. The van der Waals surface area contributed by atoms with E-state index in [4.69, 9.17) is 5.73 Å². The molecule has 1 aromatic heterocycles. The number of alkyl halides is 2. The Morgan fingerprint density at radius 2 is 2.12 bits per heavy atom. The minimum atomic E-state index is -2.99. The van der Waals surface area contributed by atoms with Gasteiger partial charge in [0.05, 0.1) is 17.6 Å². The van der Waals surface area contributed by atoms with Gasteiger partial charge in [0.1, 0.15) is 5.82 Å². The number of nitrogens with zero attached hydrogens (tertiary/aromatic N) is 2. The zero-order valence-corrected chi connectivity index (χ0v) is 9.17. The lowest BCUT2D eigenvalue weighted by Crippen LogP contribution is -2.24. The van der Waals surface area contributed by atoms with Crippen molar-refractivity contribution in [2.75, 3.05) is 6.54 Å². The number of nitrogens with two attached hydrogens (primary N) is 1. The molecule has 0 saturated heterocycles. The zero-order chi connectivity index (χ0) is 11.9. The second-order valence-corrected chi connectivity index (χ2v) is 3.83. The van der Waals surface area contributed by atoms with Crippen molar-refractivity contribution in [3.8, 4) is 0 Å². The van der Waals surface area contributed by atoms with Crippen molar-refractivity contribution in [3.63, 3.8) is 0 Å². The Balaban J connectivity index is 2.61. The standard InChI is InChI=1S/C11H13F2N3/c1-7-15-9-5-8(11(12,13)6-14)3-4-10(9)16(7)2/h3-5H,6,14H2,1-2H3. The van der Waals surface area contributed by atoms with Crippen LogP contribution in [0.1, 0.15) is 11.4 Å². The Morgan fingerprint density at radius 3 is 2.75 bits per heavy atom. The summed E-state index contributed by atoms with van der Waals surface area (Å²) >= 11 is 0. The van der Waals surface area contributed by atoms with Crippen LogP contribution in [0.4, 0.5) is 8.78 Å². The Morgan fingerprint density at radius 1 is 1.44 bits per heavy atom. The van der Waals surface area contributed by atoms with E-state index in [1.807, 2.05) is 18.5 Å². The lowest BCUT2D eigenvalue weighted by Gasteiger charge is -2.13. The van der Waals surface area contributed by atoms with E-state index in [0.29, 0.717) is 5.52 Å². The van der Waals surface area contributed by atoms with E-state index in [1.165, 1.54) is 12.1 Å². The molecule has 0 atom stereocenters. The Bertz CT molecular complexity index is 531. The van der Waals surface area contributed by atoms with E-state index < -0.39 is 12.5 Å². The van der Waals surface area contributed by atoms with E-state index in [-0.39, 0.29) is 5.56 Å². The Hall–Kier alpha value is -1.49. The minimum Gasteiger partial charge on any atom is -0.331 e. The third kappa shape index (κ3) is 1.57. The van der Waals surface area contributed by atoms with Gasteiger partial charge in [0, 0.05) is 12.6 Å². The molecule has 0 aliphatic carbocycles. The summed E-state index contributed by atoms with van der Waals surface area (Å²) in [5, 5.41) is 0. The predicted octanol–water partition coefficient (Wildman–Crippen LogP) is 1.93. The molecule has 0 amide bonds. The van der Waals surface area contributed by atoms with Crippen LogP contribution in [0.15, 0.2) is 18.2 Å². The van der Waals surface area contributed by atoms with Gasteiger partial charge in [-0.2, -0.15) is 8.78 Å². The number of aromatic nitrogens is 2. The van der Waals surface area contributed by atoms with Crippen molar-refractivity contribution >= 4 is 11.0 Å². The molecule has 0 aliphatic heterocycles. The number of benzene rings is 1. The van der Waals surface area contributed by atoms with Crippen LogP contribution in [0.3, 0.4) is 0 Å². The van der Waals surface area contributed by atoms with Gasteiger partial charge in [-0.15, -0.1) is 0 Å². The molecular weight excluding hydrogens is 212 g/mol. The summed E-state index contributed by atoms with van der Waals surface area (Å²) in [5.41, 5.74) is 6.38. The molecule has 0 radical (unpaired) electrons. The molecule has 86 valence electrons. The van der Waals surface area contributed by atoms with Gasteiger partial charge in [-0.1, -0.05) is 6.07 Å². The molecule has 0 unspecified atom stereocenters. The number of aryl methyl sites for hydroxylation is 2. The van der Waals surface area contributed by atoms with E-state index in [0.717, 1.165) is 11.3 Å². The average molecular weight is 225 g/mol. The summed E-state index contributed by atoms with van der Waals surface area (Å²) in [7, 11) is 1.85. The van der Waals surface area contributed by atoms with Crippen LogP contribution in [-0.4, -0.2) is 16.1 Å². The fourth-order valence-electron chi connectivity index (χ4n) is 1.67. The molecule has 1 aromatic carbocycles. The lowest BCUT2D eigenvalue weighted by molar-refractivity contribution is 0.00607. The summed E-state index contributed by atoms with van der Waals surface area (Å²) in [6.07, 6.45) is 0. The topological polar surface area (TPSA) is 43.8 Å². The van der Waals surface area contributed by atoms with Crippen LogP contribution in [-0.2, 0) is 13.0 Å². The average Bonchev–Trinajstić information content (AvgIpc) is 2.54. The van der Waals surface area contributed by atoms with E-state index in [9.17, 15) is 8.78 Å². The highest BCUT2D eigenvalue weighted by Gasteiger charge is 2.29. The molecule has 0 saturated carbocycles. The van der Waals surface area contributed by atoms with Crippen LogP contribution >= 0.6 is 0 Å². The first kappa shape index (κ1) is 11.0. The van der Waals surface area contributed by atoms with Crippen LogP contribution in [0, 0.1) is 6.92 Å². The number of hydrogen-bond donors (Lipinski definition) is 1. The highest BCUT2D eigenvalue weighted by atomic mass is 19.3. The van der Waals surface area contributed by atoms with Crippen molar-refractivity contribution in [2.45, 2.75) is 12.8 Å². The van der Waals surface area contributed by atoms with Crippen LogP contribution in [0.2, 0.25) is 0 Å². The molecule has 0 aliphatic rings. The fraction of sp³-hybridized carbons (Fsp3) is 0.364. The molecule has 1 heterocycles. The first-order valence-electron chi connectivity index (χ1n) is 4.97. The van der Waals surface area contributed by atoms with Gasteiger partial charge in [0.25, 0.3) is 5.92 Å². The molecular formula is C11H13F2N3. The molecule has 5 heteroatoms. The number of hydrogen-bond acceptors (Lipinski definition) is 2. The van der Waals surface area contributed by atoms with E-state index in [2.05, 4.69) is 4.98 Å². The third-order valence-electron chi connectivity index (χ3n) is 2.78. The van der Waals surface area contributed by atoms with Crippen molar-refractivity contribution in [3.05, 3.63) is 29.6 Å². The van der Waals surface area contributed by atoms with Gasteiger partial charge >= 0.3 is 0 Å². The molecule has 3 nitrogen and oxygen atoms in total. The summed E-state index contributed by atoms with van der Waals surface area (Å²) in [5.74, 6) is -2.19. The minimum absolute atomic E-state index is 0.0828. The number of imidazole rings is 1. The summed E-state index contributed by atoms with van der Waals surface area (Å²) in [4.78, 5) is 4.21. The Kier molecular flexibility index (Phi) is 2.42. The van der Waals surface area contributed by atoms with Crippen molar-refractivity contribution in [1.29, 1.82) is 0 Å². The third-order valence-corrected chi connectivity index (χ3v) is 2.78. The maximum Gasteiger partial charge on any atom is 0.285 e. The lowest BCUT2D eigenvalue weighted by atomic mass is 10.1. The van der Waals surface area contributed by atoms with E-state index in [1.54, 1.807) is 6.07 Å². The molecule has 2 N–H and O–H groups in total. The second-order valence-electron chi connectivity index (χ2n) is 3.83. The van der Waals surface area contributed by atoms with Crippen LogP contribution < -0.4 is 5.73 Å². The van der Waals surface area contributed by atoms with Gasteiger partial charge < -0.3 is 10.3 Å². The van der Waals surface area contributed by atoms with Crippen LogP contribution in [0.25, 0.3) is 11.0 Å². The molecule has 16 heavy (non-hydrogen) atoms. The van der Waals surface area contributed by atoms with Gasteiger partial charge in [-0.3, -0.25) is 0 Å². The SMILES string of the molecule is Cc1nc2cc(C(F)(F)CN)ccc2n1C. The van der Waals surface area contributed by atoms with Crippen molar-refractivity contribution in [1.82, 2.24) is 9.55 Å². The monoisotopic (exact) mass is 225 g/mol. The molecule has 2 aromatic rings. The summed E-state index contributed by atoms with van der Waals surface area (Å²) < 4.78 is 28.6. The quantitative estimate of drug-likeness (QED) is 0.848. The predicted molar refractivity (Wildman–Crippen MR) is 58.4 cm³/mol. The molecule has 0 bridgehead atoms. The van der Waals surface area contributed by atoms with E-state index >= 15 is 0 Å². The first-order chi connectivity index (χ1) is 7.45. The summed E-state index contributed by atoms with van der Waals surface area (Å²) in [6, 6.07) is 4.44. The number of halogens is 2. The van der Waals surface area contributed by atoms with Crippen molar-refractivity contribution < 1.29 is 8.78 Å². The van der Waals surface area contributed by atoms with Crippen molar-refractivity contribution in [2.24, 2.45) is 12.8 Å². The highest BCUT2D eigenvalue weighted by Crippen LogP contribution is 2.29. The zero-order valence-electron chi connectivity index (χ0n) is 9.17. The maximum absolute atomic E-state index is 13.4. The number of fused-ring (bicyclic) bond motifs is 1. The smallest absolute Gasteiger partial charge is 0.285 e. The Labute approximate surface area is 91.9 Å². The maximum atomic E-state index is 13.4. The molecule has 0 spiro atoms. The van der Waals surface area contributed by atoms with Gasteiger partial charge in [0.2, 0.25) is 0 Å². The van der Waals surface area contributed by atoms with Gasteiger partial charge in [-0.25, -0.2) is 4.98 Å². The first-order valence-corrected chi connectivity index (χ1v) is 4.97. The van der Waals surface area contributed by atoms with Crippen LogP contribution in [0.5, 0.6) is 0 Å². The normalized spacial score (nSPS) is 12.3. The summed E-state index contributed by atoms with van der Waals surface area (Å²) in [6.45, 7) is 1.14. The largest absolute Gasteiger partial charge is 0.331 e. The molecule has 2 rings (SSSR count). The number of rotatable bonds is 2.